The molecule has 1 aromatic rings. The van der Waals surface area contributed by atoms with Gasteiger partial charge in [-0.05, 0) is 37.1 Å². The van der Waals surface area contributed by atoms with Crippen molar-refractivity contribution in [2.24, 2.45) is 0 Å². The Morgan fingerprint density at radius 2 is 1.90 bits per heavy atom. The Hall–Kier alpha value is -1.88. The first kappa shape index (κ1) is 14.5. The molecule has 1 aromatic carbocycles. The zero-order valence-corrected chi connectivity index (χ0v) is 11.8. The van der Waals surface area contributed by atoms with Crippen molar-refractivity contribution in [2.45, 2.75) is 25.4 Å². The van der Waals surface area contributed by atoms with Gasteiger partial charge in [-0.15, -0.1) is 0 Å². The second kappa shape index (κ2) is 6.52. The summed E-state index contributed by atoms with van der Waals surface area (Å²) in [7, 11) is 2.78. The van der Waals surface area contributed by atoms with Crippen LogP contribution in [0.1, 0.15) is 28.8 Å². The molecule has 5 nitrogen and oxygen atoms in total. The predicted octanol–water partition coefficient (Wildman–Crippen LogP) is 1.61. The number of nitrogens with zero attached hydrogens (tertiary/aromatic N) is 1. The standard InChI is InChI=1S/C15H19NO4/c1-19-14(17)12-7-5-11(6-8-12)10-16-9-3-4-13(16)15(18)20-2/h5-8,13H,3-4,9-10H2,1-2H3. The predicted molar refractivity (Wildman–Crippen MR) is 73.2 cm³/mol. The highest BCUT2D eigenvalue weighted by molar-refractivity contribution is 5.89. The molecule has 20 heavy (non-hydrogen) atoms. The highest BCUT2D eigenvalue weighted by Gasteiger charge is 2.31. The fraction of sp³-hybridized carbons (Fsp3) is 0.467. The average molecular weight is 277 g/mol. The van der Waals surface area contributed by atoms with Crippen LogP contribution in [-0.4, -0.2) is 43.6 Å². The molecule has 0 radical (unpaired) electrons. The maximum absolute atomic E-state index is 11.7. The lowest BCUT2D eigenvalue weighted by molar-refractivity contribution is -0.146. The Balaban J connectivity index is 2.02. The second-order valence-electron chi connectivity index (χ2n) is 4.84. The average Bonchev–Trinajstić information content (AvgIpc) is 2.94. The Bertz CT molecular complexity index is 483. The zero-order valence-electron chi connectivity index (χ0n) is 11.8. The van der Waals surface area contributed by atoms with Gasteiger partial charge in [0.2, 0.25) is 0 Å². The molecule has 0 aromatic heterocycles. The summed E-state index contributed by atoms with van der Waals surface area (Å²) in [5.74, 6) is -0.515. The monoisotopic (exact) mass is 277 g/mol. The quantitative estimate of drug-likeness (QED) is 0.783. The molecular formula is C15H19NO4. The maximum Gasteiger partial charge on any atom is 0.337 e. The molecule has 0 spiro atoms. The topological polar surface area (TPSA) is 55.8 Å². The molecule has 5 heteroatoms. The molecule has 0 bridgehead atoms. The largest absolute Gasteiger partial charge is 0.468 e. The first-order chi connectivity index (χ1) is 9.65. The van der Waals surface area contributed by atoms with Crippen LogP contribution in [0.2, 0.25) is 0 Å². The van der Waals surface area contributed by atoms with Crippen molar-refractivity contribution in [3.05, 3.63) is 35.4 Å². The van der Waals surface area contributed by atoms with Crippen molar-refractivity contribution in [2.75, 3.05) is 20.8 Å². The summed E-state index contributed by atoms with van der Waals surface area (Å²) in [6.07, 6.45) is 1.84. The fourth-order valence-electron chi connectivity index (χ4n) is 2.52. The number of ether oxygens (including phenoxy) is 2. The molecule has 1 heterocycles. The molecule has 1 unspecified atom stereocenters. The van der Waals surface area contributed by atoms with E-state index in [0.717, 1.165) is 24.9 Å². The number of benzene rings is 1. The van der Waals surface area contributed by atoms with Crippen molar-refractivity contribution in [1.29, 1.82) is 0 Å². The van der Waals surface area contributed by atoms with Crippen LogP contribution in [0.25, 0.3) is 0 Å². The normalized spacial score (nSPS) is 18.8. The first-order valence-corrected chi connectivity index (χ1v) is 6.65. The van der Waals surface area contributed by atoms with Gasteiger partial charge in [0.15, 0.2) is 0 Å². The smallest absolute Gasteiger partial charge is 0.337 e. The summed E-state index contributed by atoms with van der Waals surface area (Å²) in [6, 6.07) is 7.10. The van der Waals surface area contributed by atoms with Crippen LogP contribution >= 0.6 is 0 Å². The number of hydrogen-bond donors (Lipinski definition) is 0. The first-order valence-electron chi connectivity index (χ1n) is 6.65. The third kappa shape index (κ3) is 3.17. The molecule has 0 amide bonds. The van der Waals surface area contributed by atoms with Gasteiger partial charge in [0.1, 0.15) is 6.04 Å². The van der Waals surface area contributed by atoms with E-state index in [2.05, 4.69) is 9.64 Å². The summed E-state index contributed by atoms with van der Waals surface area (Å²) in [6.45, 7) is 1.57. The number of methoxy groups -OCH3 is 2. The van der Waals surface area contributed by atoms with E-state index in [1.54, 1.807) is 12.1 Å². The third-order valence-corrected chi connectivity index (χ3v) is 3.60. The molecule has 108 valence electrons. The van der Waals surface area contributed by atoms with Gasteiger partial charge >= 0.3 is 11.9 Å². The lowest BCUT2D eigenvalue weighted by Crippen LogP contribution is -2.36. The van der Waals surface area contributed by atoms with Gasteiger partial charge in [-0.1, -0.05) is 12.1 Å². The van der Waals surface area contributed by atoms with Crippen LogP contribution in [0.3, 0.4) is 0 Å². The molecule has 1 atom stereocenters. The van der Waals surface area contributed by atoms with Gasteiger partial charge in [-0.3, -0.25) is 9.69 Å². The molecule has 0 aliphatic carbocycles. The summed E-state index contributed by atoms with van der Waals surface area (Å²) in [5, 5.41) is 0. The van der Waals surface area contributed by atoms with Crippen molar-refractivity contribution in [3.63, 3.8) is 0 Å². The van der Waals surface area contributed by atoms with Gasteiger partial charge in [-0.25, -0.2) is 4.79 Å². The zero-order chi connectivity index (χ0) is 14.5. The summed E-state index contributed by atoms with van der Waals surface area (Å²) in [4.78, 5) is 25.1. The maximum atomic E-state index is 11.7. The number of carbonyl (C=O) groups is 2. The number of hydrogen-bond acceptors (Lipinski definition) is 5. The molecule has 2 rings (SSSR count). The number of carbonyl (C=O) groups excluding carboxylic acids is 2. The fourth-order valence-corrected chi connectivity index (χ4v) is 2.52. The van der Waals surface area contributed by atoms with E-state index in [0.29, 0.717) is 12.1 Å². The van der Waals surface area contributed by atoms with Gasteiger partial charge < -0.3 is 9.47 Å². The number of rotatable bonds is 4. The summed E-state index contributed by atoms with van der Waals surface area (Å²) >= 11 is 0. The van der Waals surface area contributed by atoms with Crippen molar-refractivity contribution >= 4 is 11.9 Å². The van der Waals surface area contributed by atoms with E-state index in [4.69, 9.17) is 4.74 Å². The van der Waals surface area contributed by atoms with Crippen LogP contribution < -0.4 is 0 Å². The van der Waals surface area contributed by atoms with Gasteiger partial charge in [-0.2, -0.15) is 0 Å². The lowest BCUT2D eigenvalue weighted by atomic mass is 10.1. The molecule has 0 saturated carbocycles. The highest BCUT2D eigenvalue weighted by Crippen LogP contribution is 2.21. The van der Waals surface area contributed by atoms with Crippen molar-refractivity contribution in [3.8, 4) is 0 Å². The third-order valence-electron chi connectivity index (χ3n) is 3.60. The van der Waals surface area contributed by atoms with Gasteiger partial charge in [0, 0.05) is 6.54 Å². The summed E-state index contributed by atoms with van der Waals surface area (Å²) < 4.78 is 9.49. The number of esters is 2. The Morgan fingerprint density at radius 3 is 2.50 bits per heavy atom. The highest BCUT2D eigenvalue weighted by atomic mass is 16.5. The molecule has 0 N–H and O–H groups in total. The Labute approximate surface area is 118 Å². The van der Waals surface area contributed by atoms with E-state index in [-0.39, 0.29) is 18.0 Å². The van der Waals surface area contributed by atoms with Crippen LogP contribution in [0.15, 0.2) is 24.3 Å². The number of likely N-dealkylation sites (tertiary alicyclic amines) is 1. The second-order valence-corrected chi connectivity index (χ2v) is 4.84. The molecule has 1 aliphatic heterocycles. The molecule has 1 saturated heterocycles. The minimum atomic E-state index is -0.342. The minimum absolute atomic E-state index is 0.153. The van der Waals surface area contributed by atoms with Crippen LogP contribution in [0.5, 0.6) is 0 Å². The summed E-state index contributed by atoms with van der Waals surface area (Å²) in [5.41, 5.74) is 1.59. The van der Waals surface area contributed by atoms with Crippen molar-refractivity contribution < 1.29 is 19.1 Å². The van der Waals surface area contributed by atoms with Crippen molar-refractivity contribution in [1.82, 2.24) is 4.90 Å². The SMILES string of the molecule is COC(=O)c1ccc(CN2CCCC2C(=O)OC)cc1. The van der Waals surface area contributed by atoms with Crippen LogP contribution in [0, 0.1) is 0 Å². The minimum Gasteiger partial charge on any atom is -0.468 e. The van der Waals surface area contributed by atoms with Crippen LogP contribution in [-0.2, 0) is 20.8 Å². The Morgan fingerprint density at radius 1 is 1.20 bits per heavy atom. The van der Waals surface area contributed by atoms with Gasteiger partial charge in [0.05, 0.1) is 19.8 Å². The van der Waals surface area contributed by atoms with E-state index in [1.165, 1.54) is 14.2 Å². The Kier molecular flexibility index (Phi) is 4.74. The van der Waals surface area contributed by atoms with Crippen LogP contribution in [0.4, 0.5) is 0 Å². The molecule has 1 fully saturated rings. The van der Waals surface area contributed by atoms with E-state index in [1.807, 2.05) is 12.1 Å². The van der Waals surface area contributed by atoms with E-state index < -0.39 is 0 Å². The molecule has 1 aliphatic rings. The van der Waals surface area contributed by atoms with Gasteiger partial charge in [0.25, 0.3) is 0 Å². The van der Waals surface area contributed by atoms with E-state index in [9.17, 15) is 9.59 Å². The molecular weight excluding hydrogens is 258 g/mol. The van der Waals surface area contributed by atoms with E-state index >= 15 is 0 Å². The lowest BCUT2D eigenvalue weighted by Gasteiger charge is -2.22.